The normalized spacial score (nSPS) is 10.3. The van der Waals surface area contributed by atoms with Gasteiger partial charge in [-0.2, -0.15) is 0 Å². The molecule has 7 nitrogen and oxygen atoms in total. The number of aromatic nitrogens is 3. The van der Waals surface area contributed by atoms with E-state index in [2.05, 4.69) is 9.97 Å². The van der Waals surface area contributed by atoms with Crippen LogP contribution in [0.4, 0.5) is 11.5 Å². The maximum Gasteiger partial charge on any atom is 0.340 e. The van der Waals surface area contributed by atoms with Crippen LogP contribution >= 0.6 is 0 Å². The largest absolute Gasteiger partial charge is 0.465 e. The van der Waals surface area contributed by atoms with Crippen LogP contribution in [-0.4, -0.2) is 34.7 Å². The summed E-state index contributed by atoms with van der Waals surface area (Å²) in [6, 6.07) is 1.54. The van der Waals surface area contributed by atoms with E-state index in [-0.39, 0.29) is 0 Å². The molecule has 0 aliphatic rings. The number of ether oxygens (including phenoxy) is 1. The Hall–Kier alpha value is -2.57. The van der Waals surface area contributed by atoms with Gasteiger partial charge >= 0.3 is 5.97 Å². The Balaban J connectivity index is 2.28. The first-order valence-corrected chi connectivity index (χ1v) is 6.04. The third kappa shape index (κ3) is 2.56. The zero-order valence-corrected chi connectivity index (χ0v) is 11.7. The molecule has 2 rings (SSSR count). The molecule has 0 bridgehead atoms. The minimum absolute atomic E-state index is 0.302. The maximum absolute atomic E-state index is 11.6. The average molecular weight is 275 g/mol. The van der Waals surface area contributed by atoms with Gasteiger partial charge in [0, 0.05) is 32.7 Å². The lowest BCUT2D eigenvalue weighted by Crippen LogP contribution is -2.22. The van der Waals surface area contributed by atoms with Gasteiger partial charge in [-0.3, -0.25) is 0 Å². The number of aryl methyl sites for hydroxylation is 1. The summed E-state index contributed by atoms with van der Waals surface area (Å²) in [7, 11) is 5.08. The van der Waals surface area contributed by atoms with E-state index in [4.69, 9.17) is 10.5 Å². The van der Waals surface area contributed by atoms with Crippen LogP contribution in [-0.2, 0) is 18.3 Å². The molecule has 2 N–H and O–H groups in total. The van der Waals surface area contributed by atoms with Gasteiger partial charge in [0.2, 0.25) is 0 Å². The second kappa shape index (κ2) is 5.60. The average Bonchev–Trinajstić information content (AvgIpc) is 2.83. The molecule has 2 aromatic rings. The van der Waals surface area contributed by atoms with Gasteiger partial charge in [-0.05, 0) is 6.07 Å². The zero-order chi connectivity index (χ0) is 14.7. The van der Waals surface area contributed by atoms with E-state index < -0.39 is 5.97 Å². The van der Waals surface area contributed by atoms with E-state index in [1.54, 1.807) is 12.3 Å². The van der Waals surface area contributed by atoms with Crippen LogP contribution in [0.2, 0.25) is 0 Å². The third-order valence-electron chi connectivity index (χ3n) is 3.04. The fourth-order valence-electron chi connectivity index (χ4n) is 1.89. The molecular formula is C13H17N5O2. The van der Waals surface area contributed by atoms with E-state index in [0.717, 1.165) is 5.82 Å². The van der Waals surface area contributed by atoms with Crippen LogP contribution in [0.3, 0.4) is 0 Å². The van der Waals surface area contributed by atoms with Crippen molar-refractivity contribution in [2.45, 2.75) is 6.54 Å². The highest BCUT2D eigenvalue weighted by Crippen LogP contribution is 2.24. The first-order valence-electron chi connectivity index (χ1n) is 6.04. The van der Waals surface area contributed by atoms with Gasteiger partial charge in [-0.1, -0.05) is 0 Å². The van der Waals surface area contributed by atoms with Gasteiger partial charge in [0.05, 0.1) is 24.9 Å². The predicted molar refractivity (Wildman–Crippen MR) is 75.3 cm³/mol. The number of nitrogens with two attached hydrogens (primary N) is 1. The highest BCUT2D eigenvalue weighted by Gasteiger charge is 2.17. The molecule has 7 heteroatoms. The number of nitrogen functional groups attached to an aromatic ring is 1. The minimum atomic E-state index is -0.475. The Labute approximate surface area is 117 Å². The van der Waals surface area contributed by atoms with Crippen molar-refractivity contribution < 1.29 is 9.53 Å². The zero-order valence-electron chi connectivity index (χ0n) is 11.7. The van der Waals surface area contributed by atoms with Crippen molar-refractivity contribution in [2.24, 2.45) is 7.05 Å². The van der Waals surface area contributed by atoms with Gasteiger partial charge in [0.15, 0.2) is 5.82 Å². The summed E-state index contributed by atoms with van der Waals surface area (Å²) in [6.07, 6.45) is 5.13. The molecule has 0 aromatic carbocycles. The van der Waals surface area contributed by atoms with Crippen molar-refractivity contribution in [1.82, 2.24) is 14.5 Å². The van der Waals surface area contributed by atoms with Gasteiger partial charge in [-0.25, -0.2) is 14.8 Å². The van der Waals surface area contributed by atoms with Crippen LogP contribution in [0, 0.1) is 0 Å². The van der Waals surface area contributed by atoms with Crippen LogP contribution in [0.1, 0.15) is 16.2 Å². The number of imidazole rings is 1. The number of anilines is 2. The number of rotatable bonds is 4. The number of pyridine rings is 1. The third-order valence-corrected chi connectivity index (χ3v) is 3.04. The number of nitrogens with zero attached hydrogens (tertiary/aromatic N) is 4. The first-order chi connectivity index (χ1) is 9.54. The SMILES string of the molecule is COC(=O)c1ccnc(N(C)Cc2nccn2C)c1N. The molecule has 0 saturated carbocycles. The summed E-state index contributed by atoms with van der Waals surface area (Å²) in [5, 5.41) is 0. The Kier molecular flexibility index (Phi) is 3.88. The predicted octanol–water partition coefficient (Wildman–Crippen LogP) is 0.820. The quantitative estimate of drug-likeness (QED) is 0.831. The summed E-state index contributed by atoms with van der Waals surface area (Å²) in [5.74, 6) is 0.921. The van der Waals surface area contributed by atoms with Gasteiger partial charge < -0.3 is 19.9 Å². The van der Waals surface area contributed by atoms with E-state index in [0.29, 0.717) is 23.6 Å². The second-order valence-corrected chi connectivity index (χ2v) is 4.40. The molecule has 2 heterocycles. The van der Waals surface area contributed by atoms with Crippen molar-refractivity contribution in [2.75, 3.05) is 24.8 Å². The van der Waals surface area contributed by atoms with Crippen LogP contribution in [0.15, 0.2) is 24.7 Å². The monoisotopic (exact) mass is 275 g/mol. The summed E-state index contributed by atoms with van der Waals surface area (Å²) >= 11 is 0. The van der Waals surface area contributed by atoms with Gasteiger partial charge in [-0.15, -0.1) is 0 Å². The highest BCUT2D eigenvalue weighted by molar-refractivity contribution is 5.97. The fourth-order valence-corrected chi connectivity index (χ4v) is 1.89. The molecule has 0 fully saturated rings. The van der Waals surface area contributed by atoms with Crippen LogP contribution in [0.25, 0.3) is 0 Å². The lowest BCUT2D eigenvalue weighted by Gasteiger charge is -2.20. The van der Waals surface area contributed by atoms with Crippen molar-refractivity contribution in [1.29, 1.82) is 0 Å². The second-order valence-electron chi connectivity index (χ2n) is 4.40. The smallest absolute Gasteiger partial charge is 0.340 e. The molecule has 0 spiro atoms. The lowest BCUT2D eigenvalue weighted by molar-refractivity contribution is 0.0602. The molecule has 0 aliphatic carbocycles. The molecule has 0 amide bonds. The fraction of sp³-hybridized carbons (Fsp3) is 0.308. The van der Waals surface area contributed by atoms with Crippen LogP contribution in [0.5, 0.6) is 0 Å². The lowest BCUT2D eigenvalue weighted by atomic mass is 10.2. The number of hydrogen-bond donors (Lipinski definition) is 1. The topological polar surface area (TPSA) is 86.3 Å². The van der Waals surface area contributed by atoms with E-state index >= 15 is 0 Å². The van der Waals surface area contributed by atoms with Crippen molar-refractivity contribution in [3.8, 4) is 0 Å². The molecular weight excluding hydrogens is 258 g/mol. The Morgan fingerprint density at radius 1 is 1.45 bits per heavy atom. The number of esters is 1. The Morgan fingerprint density at radius 2 is 2.20 bits per heavy atom. The maximum atomic E-state index is 11.6. The summed E-state index contributed by atoms with van der Waals surface area (Å²) in [6.45, 7) is 0.533. The molecule has 20 heavy (non-hydrogen) atoms. The molecule has 0 saturated heterocycles. The van der Waals surface area contributed by atoms with Gasteiger partial charge in [0.1, 0.15) is 5.82 Å². The molecule has 106 valence electrons. The van der Waals surface area contributed by atoms with Crippen LogP contribution < -0.4 is 10.6 Å². The Bertz CT molecular complexity index is 623. The minimum Gasteiger partial charge on any atom is -0.465 e. The first kappa shape index (κ1) is 13.9. The number of hydrogen-bond acceptors (Lipinski definition) is 6. The molecule has 0 radical (unpaired) electrons. The summed E-state index contributed by atoms with van der Waals surface area (Å²) in [4.78, 5) is 21.9. The van der Waals surface area contributed by atoms with Gasteiger partial charge in [0.25, 0.3) is 0 Å². The van der Waals surface area contributed by atoms with E-state index in [1.165, 1.54) is 13.3 Å². The highest BCUT2D eigenvalue weighted by atomic mass is 16.5. The number of carbonyl (C=O) groups is 1. The molecule has 0 aliphatic heterocycles. The molecule has 2 aromatic heterocycles. The number of methoxy groups -OCH3 is 1. The molecule has 0 atom stereocenters. The number of carbonyl (C=O) groups excluding carboxylic acids is 1. The standard InChI is InChI=1S/C13H17N5O2/c1-17-7-6-15-10(17)8-18(2)12-11(14)9(4-5-16-12)13(19)20-3/h4-7H,8,14H2,1-3H3. The molecule has 0 unspecified atom stereocenters. The van der Waals surface area contributed by atoms with Crippen molar-refractivity contribution in [3.63, 3.8) is 0 Å². The van der Waals surface area contributed by atoms with E-state index in [1.807, 2.05) is 29.8 Å². The van der Waals surface area contributed by atoms with Crippen molar-refractivity contribution in [3.05, 3.63) is 36.0 Å². The summed E-state index contributed by atoms with van der Waals surface area (Å²) < 4.78 is 6.61. The van der Waals surface area contributed by atoms with Crippen molar-refractivity contribution >= 4 is 17.5 Å². The van der Waals surface area contributed by atoms with E-state index in [9.17, 15) is 4.79 Å². The Morgan fingerprint density at radius 3 is 2.80 bits per heavy atom. The summed E-state index contributed by atoms with van der Waals surface area (Å²) in [5.41, 5.74) is 6.61.